The minimum Gasteiger partial charge on any atom is -0.494 e. The Morgan fingerprint density at radius 3 is 2.25 bits per heavy atom. The molecule has 8 heteroatoms. The van der Waals surface area contributed by atoms with Crippen LogP contribution in [-0.2, 0) is 5.41 Å². The maximum atomic E-state index is 13.3. The molecule has 3 N–H and O–H groups in total. The van der Waals surface area contributed by atoms with Gasteiger partial charge in [-0.3, -0.25) is 9.59 Å². The van der Waals surface area contributed by atoms with Gasteiger partial charge in [0.15, 0.2) is 10.9 Å². The van der Waals surface area contributed by atoms with Crippen LogP contribution in [0.5, 0.6) is 5.75 Å². The lowest BCUT2D eigenvalue weighted by molar-refractivity contribution is 0.0968. The van der Waals surface area contributed by atoms with E-state index in [0.29, 0.717) is 33.3 Å². The molecule has 3 aromatic rings. The lowest BCUT2D eigenvalue weighted by Crippen LogP contribution is -2.46. The largest absolute Gasteiger partial charge is 0.494 e. The monoisotopic (exact) mass is 523 g/mol. The molecule has 6 nitrogen and oxygen atoms in total. The first-order valence-corrected chi connectivity index (χ1v) is 12.2. The fraction of sp³-hybridized carbons (Fsp3) is 0.250. The predicted octanol–water partition coefficient (Wildman–Crippen LogP) is 6.22. The topological polar surface area (TPSA) is 84.7 Å². The number of hydrogen-bond acceptors (Lipinski definition) is 4. The van der Waals surface area contributed by atoms with Crippen molar-refractivity contribution in [3.05, 3.63) is 88.4 Å². The van der Waals surface area contributed by atoms with Gasteiger partial charge in [-0.25, -0.2) is 0 Å². The molecule has 188 valence electrons. The number of nitrogens with zero attached hydrogens (tertiary/aromatic N) is 1. The zero-order valence-corrected chi connectivity index (χ0v) is 22.5. The number of thiocarbonyl (C=S) groups is 1. The van der Waals surface area contributed by atoms with Gasteiger partial charge in [0.2, 0.25) is 0 Å². The van der Waals surface area contributed by atoms with E-state index in [1.165, 1.54) is 7.11 Å². The molecule has 0 saturated heterocycles. The minimum absolute atomic E-state index is 0.0163. The number of Topliss-reactive ketones (excluding diaryl/α,β-unsaturated/α-hetero) is 1. The zero-order chi connectivity index (χ0) is 26.6. The van der Waals surface area contributed by atoms with Crippen molar-refractivity contribution in [2.24, 2.45) is 5.73 Å². The number of anilines is 2. The van der Waals surface area contributed by atoms with Gasteiger partial charge in [-0.2, -0.15) is 0 Å². The third-order valence-corrected chi connectivity index (χ3v) is 6.40. The van der Waals surface area contributed by atoms with Gasteiger partial charge in [-0.15, -0.1) is 0 Å². The minimum atomic E-state index is -0.670. The van der Waals surface area contributed by atoms with Crippen molar-refractivity contribution in [2.75, 3.05) is 17.3 Å². The molecule has 0 saturated carbocycles. The number of carbonyl (C=O) groups excluding carboxylic acids is 2. The van der Waals surface area contributed by atoms with Gasteiger partial charge >= 0.3 is 0 Å². The molecule has 0 fully saturated rings. The summed E-state index contributed by atoms with van der Waals surface area (Å²) in [4.78, 5) is 27.6. The van der Waals surface area contributed by atoms with Crippen molar-refractivity contribution >= 4 is 52.0 Å². The van der Waals surface area contributed by atoms with E-state index in [0.717, 1.165) is 5.56 Å². The van der Waals surface area contributed by atoms with Crippen LogP contribution in [0.3, 0.4) is 0 Å². The summed E-state index contributed by atoms with van der Waals surface area (Å²) >= 11 is 11.4. The van der Waals surface area contributed by atoms with E-state index in [-0.39, 0.29) is 22.2 Å². The summed E-state index contributed by atoms with van der Waals surface area (Å²) in [5.74, 6) is -0.123. The van der Waals surface area contributed by atoms with Crippen LogP contribution < -0.4 is 20.7 Å². The Morgan fingerprint density at radius 1 is 1.06 bits per heavy atom. The van der Waals surface area contributed by atoms with Crippen molar-refractivity contribution in [3.8, 4) is 5.75 Å². The highest BCUT2D eigenvalue weighted by molar-refractivity contribution is 7.80. The van der Waals surface area contributed by atoms with Gasteiger partial charge in [0, 0.05) is 17.3 Å². The lowest BCUT2D eigenvalue weighted by Gasteiger charge is -2.29. The van der Waals surface area contributed by atoms with Crippen LogP contribution in [-0.4, -0.2) is 30.0 Å². The number of methoxy groups -OCH3 is 1. The van der Waals surface area contributed by atoms with Crippen LogP contribution in [0, 0.1) is 0 Å². The van der Waals surface area contributed by atoms with Crippen LogP contribution in [0.4, 0.5) is 11.4 Å². The predicted molar refractivity (Wildman–Crippen MR) is 151 cm³/mol. The number of ether oxygens (including phenoxy) is 1. The number of amides is 1. The highest BCUT2D eigenvalue weighted by atomic mass is 35.5. The quantitative estimate of drug-likeness (QED) is 0.282. The van der Waals surface area contributed by atoms with Crippen LogP contribution in [0.1, 0.15) is 54.0 Å². The van der Waals surface area contributed by atoms with E-state index in [2.05, 4.69) is 26.1 Å². The summed E-state index contributed by atoms with van der Waals surface area (Å²) in [5, 5.41) is 3.19. The van der Waals surface area contributed by atoms with Crippen LogP contribution in [0.15, 0.2) is 66.7 Å². The highest BCUT2D eigenvalue weighted by Gasteiger charge is 2.26. The summed E-state index contributed by atoms with van der Waals surface area (Å²) in [6, 6.07) is 18.7. The van der Waals surface area contributed by atoms with Gasteiger partial charge in [-0.05, 0) is 54.4 Å². The molecule has 3 rings (SSSR count). The third-order valence-electron chi connectivity index (χ3n) is 5.87. The van der Waals surface area contributed by atoms with E-state index >= 15 is 0 Å². The van der Waals surface area contributed by atoms with Crippen LogP contribution in [0.25, 0.3) is 0 Å². The van der Waals surface area contributed by atoms with Crippen molar-refractivity contribution in [3.63, 3.8) is 0 Å². The number of benzene rings is 3. The van der Waals surface area contributed by atoms with Crippen molar-refractivity contribution < 1.29 is 14.3 Å². The van der Waals surface area contributed by atoms with Gasteiger partial charge in [0.05, 0.1) is 29.4 Å². The molecule has 0 aliphatic heterocycles. The fourth-order valence-corrected chi connectivity index (χ4v) is 4.29. The van der Waals surface area contributed by atoms with E-state index in [1.54, 1.807) is 54.3 Å². The number of ketones is 1. The summed E-state index contributed by atoms with van der Waals surface area (Å²) < 4.78 is 5.51. The van der Waals surface area contributed by atoms with E-state index < -0.39 is 6.04 Å². The zero-order valence-electron chi connectivity index (χ0n) is 21.0. The van der Waals surface area contributed by atoms with E-state index in [9.17, 15) is 9.59 Å². The molecule has 1 atom stereocenters. The molecule has 0 heterocycles. The number of hydrogen-bond donors (Lipinski definition) is 2. The smallest absolute Gasteiger partial charge is 0.257 e. The molecule has 0 aromatic heterocycles. The standard InChI is InChI=1S/C28H30ClN3O3S/c1-17(25(33)18-10-12-19(13-11-18)28(2,3)4)32(27(30)36)20-14-15-23(24(16-20)35-5)31-26(34)21-8-6-7-9-22(21)29/h6-17H,1-5H3,(H2,30,36)(H,31,34). The molecule has 0 aliphatic carbocycles. The average Bonchev–Trinajstić information content (AvgIpc) is 2.84. The molecule has 36 heavy (non-hydrogen) atoms. The Kier molecular flexibility index (Phi) is 8.38. The Morgan fingerprint density at radius 2 is 1.69 bits per heavy atom. The number of rotatable bonds is 7. The second-order valence-electron chi connectivity index (χ2n) is 9.39. The van der Waals surface area contributed by atoms with E-state index in [1.807, 2.05) is 24.3 Å². The number of nitrogens with one attached hydrogen (secondary N) is 1. The highest BCUT2D eigenvalue weighted by Crippen LogP contribution is 2.32. The second kappa shape index (κ2) is 11.1. The molecule has 0 spiro atoms. The van der Waals surface area contributed by atoms with Crippen molar-refractivity contribution in [2.45, 2.75) is 39.2 Å². The first-order chi connectivity index (χ1) is 16.9. The molecule has 0 aliphatic rings. The maximum absolute atomic E-state index is 13.3. The first kappa shape index (κ1) is 27.2. The number of halogens is 1. The Hall–Kier alpha value is -3.42. The lowest BCUT2D eigenvalue weighted by atomic mass is 9.86. The summed E-state index contributed by atoms with van der Waals surface area (Å²) in [7, 11) is 1.49. The first-order valence-electron chi connectivity index (χ1n) is 11.4. The molecule has 0 bridgehead atoms. The second-order valence-corrected chi connectivity index (χ2v) is 10.2. The normalized spacial score (nSPS) is 11.9. The Bertz CT molecular complexity index is 1290. The van der Waals surface area contributed by atoms with E-state index in [4.69, 9.17) is 34.3 Å². The molecular weight excluding hydrogens is 494 g/mol. The van der Waals surface area contributed by atoms with Crippen molar-refractivity contribution in [1.82, 2.24) is 0 Å². The maximum Gasteiger partial charge on any atom is 0.257 e. The summed E-state index contributed by atoms with van der Waals surface area (Å²) in [6.07, 6.45) is 0. The molecule has 1 amide bonds. The summed E-state index contributed by atoms with van der Waals surface area (Å²) in [6.45, 7) is 8.11. The van der Waals surface area contributed by atoms with Gasteiger partial charge < -0.3 is 20.7 Å². The van der Waals surface area contributed by atoms with Crippen LogP contribution in [0.2, 0.25) is 5.02 Å². The van der Waals surface area contributed by atoms with Crippen LogP contribution >= 0.6 is 23.8 Å². The molecular formula is C28H30ClN3O3S. The third kappa shape index (κ3) is 6.04. The number of carbonyl (C=O) groups is 2. The molecule has 0 radical (unpaired) electrons. The summed E-state index contributed by atoms with van der Waals surface area (Å²) in [5.41, 5.74) is 9.07. The fourth-order valence-electron chi connectivity index (χ4n) is 3.80. The van der Waals surface area contributed by atoms with Crippen molar-refractivity contribution in [1.29, 1.82) is 0 Å². The van der Waals surface area contributed by atoms with Gasteiger partial charge in [0.25, 0.3) is 5.91 Å². The SMILES string of the molecule is COc1cc(N(C(N)=S)C(C)C(=O)c2ccc(C(C)(C)C)cc2)ccc1NC(=O)c1ccccc1Cl. The average molecular weight is 524 g/mol. The molecule has 3 aromatic carbocycles. The van der Waals surface area contributed by atoms with Gasteiger partial charge in [-0.1, -0.05) is 68.8 Å². The Labute approximate surface area is 222 Å². The number of nitrogens with two attached hydrogens (primary N) is 1. The molecule has 1 unspecified atom stereocenters. The Balaban J connectivity index is 1.88. The van der Waals surface area contributed by atoms with Gasteiger partial charge in [0.1, 0.15) is 5.75 Å².